The Labute approximate surface area is 145 Å². The molecule has 2 aromatic carbocycles. The molecule has 2 aromatic rings. The highest BCUT2D eigenvalue weighted by molar-refractivity contribution is 6.32. The molecule has 0 aliphatic heterocycles. The number of hydrogen-bond acceptors (Lipinski definition) is 3. The van der Waals surface area contributed by atoms with E-state index in [1.54, 1.807) is 55.5 Å². The van der Waals surface area contributed by atoms with Gasteiger partial charge in [0, 0.05) is 5.02 Å². The Bertz CT molecular complexity index is 647. The van der Waals surface area contributed by atoms with Crippen LogP contribution in [0.1, 0.15) is 6.92 Å². The van der Waals surface area contributed by atoms with E-state index in [-0.39, 0.29) is 5.91 Å². The SMILES string of the molecule is CC(Oc1ccccc1Cl)C(=O)NCCOc1ccc(Cl)cc1. The zero-order valence-electron chi connectivity index (χ0n) is 12.6. The molecule has 0 aliphatic carbocycles. The van der Waals surface area contributed by atoms with Gasteiger partial charge in [0.1, 0.15) is 18.1 Å². The number of amides is 1. The van der Waals surface area contributed by atoms with Crippen LogP contribution in [0.2, 0.25) is 10.0 Å². The van der Waals surface area contributed by atoms with Gasteiger partial charge in [-0.05, 0) is 43.3 Å². The summed E-state index contributed by atoms with van der Waals surface area (Å²) in [4.78, 5) is 12.0. The lowest BCUT2D eigenvalue weighted by molar-refractivity contribution is -0.127. The van der Waals surface area contributed by atoms with Gasteiger partial charge in [0.2, 0.25) is 0 Å². The molecule has 0 radical (unpaired) electrons. The minimum absolute atomic E-state index is 0.232. The number of nitrogens with one attached hydrogen (secondary N) is 1. The summed E-state index contributed by atoms with van der Waals surface area (Å²) in [6.45, 7) is 2.39. The fourth-order valence-electron chi connectivity index (χ4n) is 1.80. The fourth-order valence-corrected chi connectivity index (χ4v) is 2.11. The van der Waals surface area contributed by atoms with Gasteiger partial charge in [0.15, 0.2) is 6.10 Å². The van der Waals surface area contributed by atoms with Crippen molar-refractivity contribution in [2.75, 3.05) is 13.2 Å². The second kappa shape index (κ2) is 8.65. The summed E-state index contributed by atoms with van der Waals surface area (Å²) in [7, 11) is 0. The summed E-state index contributed by atoms with van der Waals surface area (Å²) in [6, 6.07) is 14.1. The number of rotatable bonds is 7. The van der Waals surface area contributed by atoms with Crippen molar-refractivity contribution < 1.29 is 14.3 Å². The summed E-state index contributed by atoms with van der Waals surface area (Å²) in [6.07, 6.45) is -0.648. The van der Waals surface area contributed by atoms with E-state index in [9.17, 15) is 4.79 Å². The van der Waals surface area contributed by atoms with Gasteiger partial charge >= 0.3 is 0 Å². The van der Waals surface area contributed by atoms with E-state index in [0.717, 1.165) is 0 Å². The predicted octanol–water partition coefficient (Wildman–Crippen LogP) is 3.96. The topological polar surface area (TPSA) is 47.6 Å². The highest BCUT2D eigenvalue weighted by Crippen LogP contribution is 2.24. The van der Waals surface area contributed by atoms with E-state index in [0.29, 0.717) is 34.7 Å². The largest absolute Gasteiger partial charge is 0.492 e. The third-order valence-electron chi connectivity index (χ3n) is 2.99. The molecule has 1 amide bonds. The molecule has 0 saturated heterocycles. The average Bonchev–Trinajstić information content (AvgIpc) is 2.55. The van der Waals surface area contributed by atoms with Crippen LogP contribution in [0, 0.1) is 0 Å². The van der Waals surface area contributed by atoms with Gasteiger partial charge in [-0.3, -0.25) is 4.79 Å². The second-order valence-electron chi connectivity index (χ2n) is 4.78. The van der Waals surface area contributed by atoms with Crippen LogP contribution in [0.4, 0.5) is 0 Å². The van der Waals surface area contributed by atoms with Gasteiger partial charge in [-0.2, -0.15) is 0 Å². The number of ether oxygens (including phenoxy) is 2. The number of para-hydroxylation sites is 1. The second-order valence-corrected chi connectivity index (χ2v) is 5.63. The predicted molar refractivity (Wildman–Crippen MR) is 91.5 cm³/mol. The van der Waals surface area contributed by atoms with Gasteiger partial charge in [0.25, 0.3) is 5.91 Å². The number of carbonyl (C=O) groups excluding carboxylic acids is 1. The monoisotopic (exact) mass is 353 g/mol. The summed E-state index contributed by atoms with van der Waals surface area (Å²) in [5.74, 6) is 0.947. The molecular formula is C17H17Cl2NO3. The van der Waals surface area contributed by atoms with Crippen LogP contribution >= 0.6 is 23.2 Å². The van der Waals surface area contributed by atoms with Gasteiger partial charge < -0.3 is 14.8 Å². The zero-order valence-corrected chi connectivity index (χ0v) is 14.1. The number of benzene rings is 2. The van der Waals surface area contributed by atoms with Crippen molar-refractivity contribution in [1.82, 2.24) is 5.32 Å². The minimum Gasteiger partial charge on any atom is -0.492 e. The van der Waals surface area contributed by atoms with Crippen LogP contribution < -0.4 is 14.8 Å². The van der Waals surface area contributed by atoms with Crippen molar-refractivity contribution in [3.8, 4) is 11.5 Å². The van der Waals surface area contributed by atoms with Crippen LogP contribution in [0.3, 0.4) is 0 Å². The molecule has 0 saturated carbocycles. The smallest absolute Gasteiger partial charge is 0.260 e. The zero-order chi connectivity index (χ0) is 16.7. The lowest BCUT2D eigenvalue weighted by Gasteiger charge is -2.15. The van der Waals surface area contributed by atoms with Crippen LogP contribution in [-0.4, -0.2) is 25.2 Å². The molecule has 2 rings (SSSR count). The molecular weight excluding hydrogens is 337 g/mol. The van der Waals surface area contributed by atoms with Crippen LogP contribution in [0.25, 0.3) is 0 Å². The maximum Gasteiger partial charge on any atom is 0.260 e. The molecule has 4 nitrogen and oxygen atoms in total. The summed E-state index contributed by atoms with van der Waals surface area (Å²) in [5, 5.41) is 3.87. The van der Waals surface area contributed by atoms with Crippen molar-refractivity contribution in [1.29, 1.82) is 0 Å². The average molecular weight is 354 g/mol. The van der Waals surface area contributed by atoms with Gasteiger partial charge in [-0.15, -0.1) is 0 Å². The Balaban J connectivity index is 1.72. The molecule has 0 bridgehead atoms. The molecule has 0 spiro atoms. The normalized spacial score (nSPS) is 11.6. The van der Waals surface area contributed by atoms with Crippen molar-refractivity contribution in [3.63, 3.8) is 0 Å². The molecule has 122 valence electrons. The van der Waals surface area contributed by atoms with Gasteiger partial charge in [0.05, 0.1) is 11.6 Å². The quantitative estimate of drug-likeness (QED) is 0.766. The first-order chi connectivity index (χ1) is 11.1. The van der Waals surface area contributed by atoms with E-state index in [1.807, 2.05) is 0 Å². The van der Waals surface area contributed by atoms with Crippen LogP contribution in [0.5, 0.6) is 11.5 Å². The lowest BCUT2D eigenvalue weighted by Crippen LogP contribution is -2.38. The summed E-state index contributed by atoms with van der Waals surface area (Å²) < 4.78 is 11.0. The summed E-state index contributed by atoms with van der Waals surface area (Å²) >= 11 is 11.8. The Hall–Kier alpha value is -1.91. The molecule has 23 heavy (non-hydrogen) atoms. The standard InChI is InChI=1S/C17H17Cl2NO3/c1-12(23-16-5-3-2-4-15(16)19)17(21)20-10-11-22-14-8-6-13(18)7-9-14/h2-9,12H,10-11H2,1H3,(H,20,21). The number of hydrogen-bond donors (Lipinski definition) is 1. The first-order valence-corrected chi connectivity index (χ1v) is 7.89. The third-order valence-corrected chi connectivity index (χ3v) is 3.56. The molecule has 6 heteroatoms. The Morgan fingerprint density at radius 1 is 1.13 bits per heavy atom. The first kappa shape index (κ1) is 17.4. The van der Waals surface area contributed by atoms with E-state index < -0.39 is 6.10 Å². The molecule has 1 N–H and O–H groups in total. The third kappa shape index (κ3) is 5.66. The van der Waals surface area contributed by atoms with E-state index in [1.165, 1.54) is 0 Å². The fraction of sp³-hybridized carbons (Fsp3) is 0.235. The minimum atomic E-state index is -0.648. The number of halogens is 2. The Kier molecular flexibility index (Phi) is 6.56. The van der Waals surface area contributed by atoms with E-state index in [4.69, 9.17) is 32.7 Å². The molecule has 0 aliphatic rings. The van der Waals surface area contributed by atoms with E-state index in [2.05, 4.69) is 5.32 Å². The molecule has 0 heterocycles. The van der Waals surface area contributed by atoms with Crippen molar-refractivity contribution >= 4 is 29.1 Å². The van der Waals surface area contributed by atoms with Crippen molar-refractivity contribution in [3.05, 3.63) is 58.6 Å². The molecule has 0 aromatic heterocycles. The highest BCUT2D eigenvalue weighted by Gasteiger charge is 2.15. The maximum absolute atomic E-state index is 12.0. The van der Waals surface area contributed by atoms with E-state index >= 15 is 0 Å². The number of carbonyl (C=O) groups is 1. The summed E-state index contributed by atoms with van der Waals surface area (Å²) in [5.41, 5.74) is 0. The highest BCUT2D eigenvalue weighted by atomic mass is 35.5. The molecule has 1 atom stereocenters. The lowest BCUT2D eigenvalue weighted by atomic mass is 10.3. The Morgan fingerprint density at radius 3 is 2.52 bits per heavy atom. The Morgan fingerprint density at radius 2 is 1.83 bits per heavy atom. The molecule has 1 unspecified atom stereocenters. The maximum atomic E-state index is 12.0. The van der Waals surface area contributed by atoms with Gasteiger partial charge in [-0.25, -0.2) is 0 Å². The first-order valence-electron chi connectivity index (χ1n) is 7.13. The van der Waals surface area contributed by atoms with Gasteiger partial charge in [-0.1, -0.05) is 35.3 Å². The van der Waals surface area contributed by atoms with Crippen LogP contribution in [0.15, 0.2) is 48.5 Å². The van der Waals surface area contributed by atoms with Crippen LogP contribution in [-0.2, 0) is 4.79 Å². The van der Waals surface area contributed by atoms with Crippen molar-refractivity contribution in [2.24, 2.45) is 0 Å². The molecule has 0 fully saturated rings. The van der Waals surface area contributed by atoms with Crippen molar-refractivity contribution in [2.45, 2.75) is 13.0 Å².